The van der Waals surface area contributed by atoms with Crippen molar-refractivity contribution in [3.63, 3.8) is 0 Å². The normalized spacial score (nSPS) is 23.6. The molecule has 1 aliphatic heterocycles. The van der Waals surface area contributed by atoms with Gasteiger partial charge in [0.2, 0.25) is 11.8 Å². The fourth-order valence-corrected chi connectivity index (χ4v) is 5.31. The van der Waals surface area contributed by atoms with Gasteiger partial charge in [0.05, 0.1) is 5.41 Å². The van der Waals surface area contributed by atoms with Crippen LogP contribution in [-0.2, 0) is 15.0 Å². The summed E-state index contributed by atoms with van der Waals surface area (Å²) in [5.41, 5.74) is -0.151. The van der Waals surface area contributed by atoms with Crippen molar-refractivity contribution >= 4 is 11.8 Å². The van der Waals surface area contributed by atoms with Gasteiger partial charge in [-0.15, -0.1) is 13.2 Å². The molecule has 2 saturated carbocycles. The van der Waals surface area contributed by atoms with Crippen molar-refractivity contribution < 1.29 is 27.5 Å². The Morgan fingerprint density at radius 2 is 1.76 bits per heavy atom. The molecule has 0 aromatic heterocycles. The number of amides is 2. The van der Waals surface area contributed by atoms with Crippen LogP contribution in [0.1, 0.15) is 69.8 Å². The maximum Gasteiger partial charge on any atom is 0.573 e. The van der Waals surface area contributed by atoms with E-state index in [9.17, 15) is 22.8 Å². The molecular formula is C25H34F3N3O3. The van der Waals surface area contributed by atoms with Gasteiger partial charge in [-0.1, -0.05) is 44.2 Å². The zero-order valence-corrected chi connectivity index (χ0v) is 19.4. The van der Waals surface area contributed by atoms with Gasteiger partial charge in [-0.2, -0.15) is 0 Å². The first-order chi connectivity index (χ1) is 16.2. The van der Waals surface area contributed by atoms with Crippen LogP contribution >= 0.6 is 0 Å². The van der Waals surface area contributed by atoms with Crippen LogP contribution in [-0.4, -0.2) is 43.3 Å². The monoisotopic (exact) mass is 481 g/mol. The molecule has 3 N–H and O–H groups in total. The Labute approximate surface area is 198 Å². The summed E-state index contributed by atoms with van der Waals surface area (Å²) in [6, 6.07) is 4.94. The predicted octanol–water partition coefficient (Wildman–Crippen LogP) is 3.94. The van der Waals surface area contributed by atoms with Crippen molar-refractivity contribution in [2.45, 2.75) is 88.1 Å². The SMILES string of the molecule is O=C(NC1CCCNC1)C(CC1CCCCC1)NC(=O)C1(c2ccc(OC(F)(F)F)cc2)CC1. The highest BCUT2D eigenvalue weighted by Gasteiger charge is 2.52. The number of halogens is 3. The minimum Gasteiger partial charge on any atom is -0.406 e. The standard InChI is InChI=1S/C25H34F3N3O3/c26-25(27,28)34-20-10-8-18(9-11-20)24(12-13-24)23(33)31-21(15-17-5-2-1-3-6-17)22(32)30-19-7-4-14-29-16-19/h8-11,17,19,21,29H,1-7,12-16H2,(H,30,32)(H,31,33). The average Bonchev–Trinajstić information content (AvgIpc) is 3.62. The van der Waals surface area contributed by atoms with Crippen molar-refractivity contribution in [2.75, 3.05) is 13.1 Å². The minimum absolute atomic E-state index is 0.0584. The number of ether oxygens (including phenoxy) is 1. The molecule has 34 heavy (non-hydrogen) atoms. The second kappa shape index (κ2) is 10.5. The summed E-state index contributed by atoms with van der Waals surface area (Å²) in [5, 5.41) is 9.43. The lowest BCUT2D eigenvalue weighted by Gasteiger charge is -2.30. The van der Waals surface area contributed by atoms with E-state index in [0.29, 0.717) is 30.7 Å². The molecule has 0 radical (unpaired) electrons. The number of nitrogens with one attached hydrogen (secondary N) is 3. The Morgan fingerprint density at radius 1 is 1.06 bits per heavy atom. The van der Waals surface area contributed by atoms with Gasteiger partial charge in [-0.3, -0.25) is 9.59 Å². The van der Waals surface area contributed by atoms with E-state index in [0.717, 1.165) is 51.6 Å². The van der Waals surface area contributed by atoms with Crippen molar-refractivity contribution in [3.8, 4) is 5.75 Å². The molecule has 2 amide bonds. The van der Waals surface area contributed by atoms with Crippen molar-refractivity contribution in [1.29, 1.82) is 0 Å². The minimum atomic E-state index is -4.76. The lowest BCUT2D eigenvalue weighted by molar-refractivity contribution is -0.274. The van der Waals surface area contributed by atoms with Gasteiger partial charge in [0.1, 0.15) is 11.8 Å². The summed E-state index contributed by atoms with van der Waals surface area (Å²) < 4.78 is 41.3. The Kier molecular flexibility index (Phi) is 7.70. The van der Waals surface area contributed by atoms with Crippen LogP contribution in [0, 0.1) is 5.92 Å². The number of hydrogen-bond acceptors (Lipinski definition) is 4. The average molecular weight is 482 g/mol. The maximum absolute atomic E-state index is 13.4. The Hall–Kier alpha value is -2.29. The van der Waals surface area contributed by atoms with Crippen LogP contribution in [0.15, 0.2) is 24.3 Å². The van der Waals surface area contributed by atoms with Gasteiger partial charge >= 0.3 is 6.36 Å². The molecule has 6 nitrogen and oxygen atoms in total. The lowest BCUT2D eigenvalue weighted by Crippen LogP contribution is -2.55. The van der Waals surface area contributed by atoms with E-state index >= 15 is 0 Å². The number of hydrogen-bond donors (Lipinski definition) is 3. The maximum atomic E-state index is 13.4. The van der Waals surface area contributed by atoms with E-state index in [1.54, 1.807) is 0 Å². The van der Waals surface area contributed by atoms with E-state index in [2.05, 4.69) is 20.7 Å². The van der Waals surface area contributed by atoms with Crippen LogP contribution in [0.2, 0.25) is 0 Å². The summed E-state index contributed by atoms with van der Waals surface area (Å²) in [6.07, 6.45) is 4.62. The largest absolute Gasteiger partial charge is 0.573 e. The first-order valence-corrected chi connectivity index (χ1v) is 12.4. The molecule has 0 bridgehead atoms. The number of carbonyl (C=O) groups excluding carboxylic acids is 2. The molecule has 1 heterocycles. The highest BCUT2D eigenvalue weighted by molar-refractivity contribution is 5.95. The summed E-state index contributed by atoms with van der Waals surface area (Å²) >= 11 is 0. The molecule has 2 unspecified atom stereocenters. The Balaban J connectivity index is 1.43. The first kappa shape index (κ1) is 24.8. The number of carbonyl (C=O) groups is 2. The molecule has 1 aromatic rings. The molecule has 4 rings (SSSR count). The smallest absolute Gasteiger partial charge is 0.406 e. The van der Waals surface area contributed by atoms with E-state index < -0.39 is 17.8 Å². The summed E-state index contributed by atoms with van der Waals surface area (Å²) in [6.45, 7) is 1.68. The van der Waals surface area contributed by atoms with E-state index in [-0.39, 0.29) is 23.6 Å². The Morgan fingerprint density at radius 3 is 2.35 bits per heavy atom. The summed E-state index contributed by atoms with van der Waals surface area (Å²) in [4.78, 5) is 26.6. The van der Waals surface area contributed by atoms with Gasteiger partial charge in [0.25, 0.3) is 0 Å². The molecule has 0 spiro atoms. The van der Waals surface area contributed by atoms with Crippen molar-refractivity contribution in [1.82, 2.24) is 16.0 Å². The third-order valence-electron chi connectivity index (χ3n) is 7.38. The third-order valence-corrected chi connectivity index (χ3v) is 7.38. The molecule has 1 saturated heterocycles. The molecular weight excluding hydrogens is 447 g/mol. The first-order valence-electron chi connectivity index (χ1n) is 12.4. The number of piperidine rings is 1. The molecule has 9 heteroatoms. The molecule has 1 aromatic carbocycles. The van der Waals surface area contributed by atoms with Crippen molar-refractivity contribution in [2.24, 2.45) is 5.92 Å². The Bertz CT molecular complexity index is 843. The van der Waals surface area contributed by atoms with Gasteiger partial charge in [0.15, 0.2) is 0 Å². The highest BCUT2D eigenvalue weighted by atomic mass is 19.4. The van der Waals surface area contributed by atoms with E-state index in [1.165, 1.54) is 30.7 Å². The van der Waals surface area contributed by atoms with Crippen LogP contribution in [0.25, 0.3) is 0 Å². The number of rotatable bonds is 8. The third kappa shape index (κ3) is 6.43. The van der Waals surface area contributed by atoms with Crippen LogP contribution in [0.3, 0.4) is 0 Å². The molecule has 3 aliphatic rings. The fraction of sp³-hybridized carbons (Fsp3) is 0.680. The number of alkyl halides is 3. The van der Waals surface area contributed by atoms with Crippen LogP contribution < -0.4 is 20.7 Å². The van der Waals surface area contributed by atoms with Gasteiger partial charge < -0.3 is 20.7 Å². The molecule has 3 fully saturated rings. The second-order valence-electron chi connectivity index (χ2n) is 9.97. The van der Waals surface area contributed by atoms with Crippen LogP contribution in [0.4, 0.5) is 13.2 Å². The van der Waals surface area contributed by atoms with Crippen molar-refractivity contribution in [3.05, 3.63) is 29.8 Å². The topological polar surface area (TPSA) is 79.5 Å². The predicted molar refractivity (Wildman–Crippen MR) is 121 cm³/mol. The van der Waals surface area contributed by atoms with E-state index in [1.807, 2.05) is 0 Å². The second-order valence-corrected chi connectivity index (χ2v) is 9.97. The lowest BCUT2D eigenvalue weighted by atomic mass is 9.84. The van der Waals surface area contributed by atoms with E-state index in [4.69, 9.17) is 0 Å². The number of benzene rings is 1. The van der Waals surface area contributed by atoms with Gasteiger partial charge in [-0.05, 0) is 62.3 Å². The van der Waals surface area contributed by atoms with Crippen LogP contribution in [0.5, 0.6) is 5.75 Å². The molecule has 2 atom stereocenters. The quantitative estimate of drug-likeness (QED) is 0.526. The van der Waals surface area contributed by atoms with Gasteiger partial charge in [-0.25, -0.2) is 0 Å². The summed E-state index contributed by atoms with van der Waals surface area (Å²) in [7, 11) is 0. The summed E-state index contributed by atoms with van der Waals surface area (Å²) in [5.74, 6) is -0.279. The zero-order valence-electron chi connectivity index (χ0n) is 19.4. The molecule has 2 aliphatic carbocycles. The highest BCUT2D eigenvalue weighted by Crippen LogP contribution is 2.49. The fourth-order valence-electron chi connectivity index (χ4n) is 5.31. The zero-order chi connectivity index (χ0) is 24.2. The molecule has 188 valence electrons. The van der Waals surface area contributed by atoms with Gasteiger partial charge in [0, 0.05) is 12.6 Å².